The summed E-state index contributed by atoms with van der Waals surface area (Å²) in [4.78, 5) is 14.3. The summed E-state index contributed by atoms with van der Waals surface area (Å²) in [6, 6.07) is 13.2. The highest BCUT2D eigenvalue weighted by molar-refractivity contribution is 6.31. The van der Waals surface area contributed by atoms with Gasteiger partial charge in [-0.3, -0.25) is 4.79 Å². The number of nitrogens with two attached hydrogens (primary N) is 1. The summed E-state index contributed by atoms with van der Waals surface area (Å²) >= 11 is 6.11. The van der Waals surface area contributed by atoms with Gasteiger partial charge in [-0.05, 0) is 35.7 Å². The van der Waals surface area contributed by atoms with E-state index < -0.39 is 0 Å². The van der Waals surface area contributed by atoms with E-state index in [9.17, 15) is 4.79 Å². The second kappa shape index (κ2) is 5.17. The van der Waals surface area contributed by atoms with Crippen LogP contribution in [0.4, 0.5) is 11.4 Å². The zero-order valence-corrected chi connectivity index (χ0v) is 11.7. The first-order valence-corrected chi connectivity index (χ1v) is 6.95. The van der Waals surface area contributed by atoms with Gasteiger partial charge in [-0.2, -0.15) is 0 Å². The van der Waals surface area contributed by atoms with Gasteiger partial charge in [-0.15, -0.1) is 0 Å². The second-order valence-electron chi connectivity index (χ2n) is 4.95. The lowest BCUT2D eigenvalue weighted by Gasteiger charge is -2.18. The summed E-state index contributed by atoms with van der Waals surface area (Å²) in [6.45, 7) is 0.710. The van der Waals surface area contributed by atoms with Crippen molar-refractivity contribution in [3.63, 3.8) is 0 Å². The maximum absolute atomic E-state index is 12.5. The van der Waals surface area contributed by atoms with E-state index in [1.807, 2.05) is 36.4 Å². The van der Waals surface area contributed by atoms with Crippen molar-refractivity contribution in [1.29, 1.82) is 0 Å². The number of halogens is 1. The van der Waals surface area contributed by atoms with E-state index in [0.29, 0.717) is 23.7 Å². The normalized spacial score (nSPS) is 13.3. The molecule has 3 nitrogen and oxygen atoms in total. The maximum atomic E-state index is 12.5. The Kier molecular flexibility index (Phi) is 3.36. The Morgan fingerprint density at radius 1 is 1.25 bits per heavy atom. The van der Waals surface area contributed by atoms with Crippen molar-refractivity contribution in [1.82, 2.24) is 0 Å². The Balaban J connectivity index is 1.84. The van der Waals surface area contributed by atoms with Crippen molar-refractivity contribution in [2.24, 2.45) is 0 Å². The standard InChI is InChI=1S/C16H15ClN2O/c17-14-4-2-1-3-12(14)9-16(20)19-8-7-11-5-6-13(18)10-15(11)19/h1-6,10H,7-9,18H2. The van der Waals surface area contributed by atoms with Gasteiger partial charge in [0, 0.05) is 22.9 Å². The lowest BCUT2D eigenvalue weighted by Crippen LogP contribution is -2.30. The van der Waals surface area contributed by atoms with E-state index in [-0.39, 0.29) is 5.91 Å². The molecule has 0 unspecified atom stereocenters. The molecular formula is C16H15ClN2O. The molecule has 0 bridgehead atoms. The van der Waals surface area contributed by atoms with Crippen LogP contribution < -0.4 is 10.6 Å². The first-order chi connectivity index (χ1) is 9.65. The number of anilines is 2. The summed E-state index contributed by atoms with van der Waals surface area (Å²) in [6.07, 6.45) is 1.19. The topological polar surface area (TPSA) is 46.3 Å². The summed E-state index contributed by atoms with van der Waals surface area (Å²) < 4.78 is 0. The lowest BCUT2D eigenvalue weighted by molar-refractivity contribution is -0.117. The molecule has 0 fully saturated rings. The van der Waals surface area contributed by atoms with Crippen LogP contribution >= 0.6 is 11.6 Å². The quantitative estimate of drug-likeness (QED) is 0.863. The molecule has 2 N–H and O–H groups in total. The number of rotatable bonds is 2. The van der Waals surface area contributed by atoms with E-state index >= 15 is 0 Å². The molecular weight excluding hydrogens is 272 g/mol. The minimum atomic E-state index is 0.0578. The Hall–Kier alpha value is -2.00. The number of nitrogen functional groups attached to an aromatic ring is 1. The molecule has 1 heterocycles. The molecule has 0 saturated heterocycles. The first kappa shape index (κ1) is 13.0. The number of carbonyl (C=O) groups is 1. The van der Waals surface area contributed by atoms with Gasteiger partial charge in [-0.25, -0.2) is 0 Å². The minimum Gasteiger partial charge on any atom is -0.399 e. The minimum absolute atomic E-state index is 0.0578. The molecule has 3 rings (SSSR count). The molecule has 0 aliphatic carbocycles. The van der Waals surface area contributed by atoms with Crippen LogP contribution in [0.5, 0.6) is 0 Å². The summed E-state index contributed by atoms with van der Waals surface area (Å²) in [5, 5.41) is 0.632. The molecule has 0 atom stereocenters. The molecule has 2 aromatic carbocycles. The number of benzene rings is 2. The van der Waals surface area contributed by atoms with Crippen LogP contribution in [0.1, 0.15) is 11.1 Å². The third-order valence-corrected chi connectivity index (χ3v) is 3.97. The number of hydrogen-bond donors (Lipinski definition) is 1. The van der Waals surface area contributed by atoms with Gasteiger partial charge in [-0.1, -0.05) is 35.9 Å². The fourth-order valence-electron chi connectivity index (χ4n) is 2.56. The first-order valence-electron chi connectivity index (χ1n) is 6.57. The van der Waals surface area contributed by atoms with E-state index in [0.717, 1.165) is 17.7 Å². The molecule has 1 aliphatic rings. The van der Waals surface area contributed by atoms with Crippen molar-refractivity contribution in [3.8, 4) is 0 Å². The van der Waals surface area contributed by atoms with E-state index in [1.54, 1.807) is 11.0 Å². The SMILES string of the molecule is Nc1ccc2c(c1)N(C(=O)Cc1ccccc1Cl)CC2. The molecule has 1 aliphatic heterocycles. The monoisotopic (exact) mass is 286 g/mol. The Labute approximate surface area is 123 Å². The summed E-state index contributed by atoms with van der Waals surface area (Å²) in [5.41, 5.74) is 9.46. The molecule has 0 saturated carbocycles. The molecule has 0 aromatic heterocycles. The van der Waals surface area contributed by atoms with Crippen LogP contribution in [0.2, 0.25) is 5.02 Å². The van der Waals surface area contributed by atoms with Crippen LogP contribution in [-0.2, 0) is 17.6 Å². The zero-order chi connectivity index (χ0) is 14.1. The largest absolute Gasteiger partial charge is 0.399 e. The molecule has 0 spiro atoms. The zero-order valence-electron chi connectivity index (χ0n) is 11.0. The van der Waals surface area contributed by atoms with Gasteiger partial charge in [0.05, 0.1) is 6.42 Å². The van der Waals surface area contributed by atoms with Gasteiger partial charge in [0.25, 0.3) is 0 Å². The number of amides is 1. The van der Waals surface area contributed by atoms with E-state index in [1.165, 1.54) is 5.56 Å². The van der Waals surface area contributed by atoms with E-state index in [2.05, 4.69) is 0 Å². The summed E-state index contributed by atoms with van der Waals surface area (Å²) in [5.74, 6) is 0.0578. The molecule has 102 valence electrons. The van der Waals surface area contributed by atoms with Gasteiger partial charge < -0.3 is 10.6 Å². The highest BCUT2D eigenvalue weighted by atomic mass is 35.5. The molecule has 2 aromatic rings. The maximum Gasteiger partial charge on any atom is 0.231 e. The van der Waals surface area contributed by atoms with Crippen molar-refractivity contribution in [2.75, 3.05) is 17.2 Å². The average Bonchev–Trinajstić information content (AvgIpc) is 2.84. The number of nitrogens with zero attached hydrogens (tertiary/aromatic N) is 1. The number of fused-ring (bicyclic) bond motifs is 1. The van der Waals surface area contributed by atoms with Crippen molar-refractivity contribution < 1.29 is 4.79 Å². The lowest BCUT2D eigenvalue weighted by atomic mass is 10.1. The summed E-state index contributed by atoms with van der Waals surface area (Å²) in [7, 11) is 0. The third kappa shape index (κ3) is 2.37. The average molecular weight is 287 g/mol. The Morgan fingerprint density at radius 3 is 2.85 bits per heavy atom. The predicted octanol–water partition coefficient (Wildman–Crippen LogP) is 3.05. The van der Waals surface area contributed by atoms with Crippen LogP contribution in [0.3, 0.4) is 0 Å². The van der Waals surface area contributed by atoms with Gasteiger partial charge in [0.2, 0.25) is 5.91 Å². The predicted molar refractivity (Wildman–Crippen MR) is 82.1 cm³/mol. The van der Waals surface area contributed by atoms with Crippen LogP contribution in [0.15, 0.2) is 42.5 Å². The smallest absolute Gasteiger partial charge is 0.231 e. The van der Waals surface area contributed by atoms with Crippen LogP contribution in [0.25, 0.3) is 0 Å². The highest BCUT2D eigenvalue weighted by Gasteiger charge is 2.25. The third-order valence-electron chi connectivity index (χ3n) is 3.61. The van der Waals surface area contributed by atoms with Crippen LogP contribution in [-0.4, -0.2) is 12.5 Å². The fraction of sp³-hybridized carbons (Fsp3) is 0.188. The van der Waals surface area contributed by atoms with E-state index in [4.69, 9.17) is 17.3 Å². The number of hydrogen-bond acceptors (Lipinski definition) is 2. The van der Waals surface area contributed by atoms with Gasteiger partial charge in [0.15, 0.2) is 0 Å². The Morgan fingerprint density at radius 2 is 2.05 bits per heavy atom. The van der Waals surface area contributed by atoms with Gasteiger partial charge >= 0.3 is 0 Å². The van der Waals surface area contributed by atoms with Crippen molar-refractivity contribution in [3.05, 3.63) is 58.6 Å². The van der Waals surface area contributed by atoms with Crippen LogP contribution in [0, 0.1) is 0 Å². The van der Waals surface area contributed by atoms with Gasteiger partial charge in [0.1, 0.15) is 0 Å². The fourth-order valence-corrected chi connectivity index (χ4v) is 2.76. The molecule has 20 heavy (non-hydrogen) atoms. The molecule has 0 radical (unpaired) electrons. The van der Waals surface area contributed by atoms with Crippen molar-refractivity contribution >= 4 is 28.9 Å². The second-order valence-corrected chi connectivity index (χ2v) is 5.36. The highest BCUT2D eigenvalue weighted by Crippen LogP contribution is 2.30. The number of carbonyl (C=O) groups excluding carboxylic acids is 1. The Bertz CT molecular complexity index is 669. The molecule has 1 amide bonds. The van der Waals surface area contributed by atoms with Crippen molar-refractivity contribution in [2.45, 2.75) is 12.8 Å². The molecule has 4 heteroatoms.